The van der Waals surface area contributed by atoms with E-state index in [0.29, 0.717) is 12.1 Å². The van der Waals surface area contributed by atoms with Crippen molar-refractivity contribution in [1.82, 2.24) is 10.6 Å². The molecule has 5 heteroatoms. The van der Waals surface area contributed by atoms with Gasteiger partial charge in [0.05, 0.1) is 6.04 Å². The summed E-state index contributed by atoms with van der Waals surface area (Å²) in [5.74, 6) is -0.228. The van der Waals surface area contributed by atoms with Crippen molar-refractivity contribution in [2.24, 2.45) is 0 Å². The Morgan fingerprint density at radius 3 is 2.03 bits per heavy atom. The second kappa shape index (κ2) is 10.3. The fourth-order valence-electron chi connectivity index (χ4n) is 3.16. The molecule has 0 aliphatic heterocycles. The summed E-state index contributed by atoms with van der Waals surface area (Å²) in [5.41, 5.74) is 3.76. The van der Waals surface area contributed by atoms with Crippen molar-refractivity contribution in [1.29, 1.82) is 0 Å². The van der Waals surface area contributed by atoms with E-state index in [1.807, 2.05) is 98.8 Å². The number of rotatable bonds is 7. The first-order valence-corrected chi connectivity index (χ1v) is 10.0. The van der Waals surface area contributed by atoms with Crippen LogP contribution in [0.4, 0.5) is 10.5 Å². The zero-order valence-electron chi connectivity index (χ0n) is 17.3. The summed E-state index contributed by atoms with van der Waals surface area (Å²) >= 11 is 0. The minimum Gasteiger partial charge on any atom is -0.348 e. The molecule has 0 radical (unpaired) electrons. The number of aryl methyl sites for hydroxylation is 1. The topological polar surface area (TPSA) is 70.2 Å². The van der Waals surface area contributed by atoms with Gasteiger partial charge in [0.1, 0.15) is 6.04 Å². The molecule has 0 aromatic heterocycles. The predicted molar refractivity (Wildman–Crippen MR) is 120 cm³/mol. The van der Waals surface area contributed by atoms with Crippen LogP contribution in [0.1, 0.15) is 29.7 Å². The Morgan fingerprint density at radius 2 is 1.40 bits per heavy atom. The molecule has 0 aliphatic carbocycles. The maximum atomic E-state index is 13.0. The highest BCUT2D eigenvalue weighted by atomic mass is 16.2. The van der Waals surface area contributed by atoms with Crippen LogP contribution in [0.25, 0.3) is 0 Å². The number of urea groups is 1. The molecule has 3 amide bonds. The molecule has 0 spiro atoms. The fourth-order valence-corrected chi connectivity index (χ4v) is 3.16. The molecule has 0 saturated heterocycles. The number of carbonyl (C=O) groups excluding carboxylic acids is 2. The van der Waals surface area contributed by atoms with Gasteiger partial charge in [-0.25, -0.2) is 4.79 Å². The summed E-state index contributed by atoms with van der Waals surface area (Å²) in [6.45, 7) is 3.91. The van der Waals surface area contributed by atoms with Crippen molar-refractivity contribution < 1.29 is 9.59 Å². The first kappa shape index (κ1) is 21.1. The third kappa shape index (κ3) is 6.21. The molecule has 154 valence electrons. The van der Waals surface area contributed by atoms with Crippen LogP contribution in [0, 0.1) is 6.92 Å². The number of nitrogens with one attached hydrogen (secondary N) is 3. The summed E-state index contributed by atoms with van der Waals surface area (Å²) in [7, 11) is 0. The Labute approximate surface area is 177 Å². The molecule has 3 rings (SSSR count). The minimum absolute atomic E-state index is 0.168. The van der Waals surface area contributed by atoms with Gasteiger partial charge >= 0.3 is 6.03 Å². The molecule has 0 saturated carbocycles. The second-order valence-electron chi connectivity index (χ2n) is 7.35. The standard InChI is InChI=1S/C25H27N3O2/c1-18-13-15-22(16-14-18)27-25(30)28-23(17-20-9-5-3-6-10-20)24(29)26-19(2)21-11-7-4-8-12-21/h3-16,19,23H,17H2,1-2H3,(H,26,29)(H2,27,28,30). The quantitative estimate of drug-likeness (QED) is 0.541. The summed E-state index contributed by atoms with van der Waals surface area (Å²) in [4.78, 5) is 25.6. The summed E-state index contributed by atoms with van der Waals surface area (Å²) in [6, 6.07) is 25.6. The van der Waals surface area contributed by atoms with Crippen LogP contribution < -0.4 is 16.0 Å². The van der Waals surface area contributed by atoms with E-state index in [0.717, 1.165) is 16.7 Å². The summed E-state index contributed by atoms with van der Waals surface area (Å²) < 4.78 is 0. The Hall–Kier alpha value is -3.60. The molecular weight excluding hydrogens is 374 g/mol. The molecule has 2 atom stereocenters. The van der Waals surface area contributed by atoms with Gasteiger partial charge in [-0.15, -0.1) is 0 Å². The third-order valence-corrected chi connectivity index (χ3v) is 4.87. The lowest BCUT2D eigenvalue weighted by atomic mass is 10.0. The predicted octanol–water partition coefficient (Wildman–Crippen LogP) is 4.61. The Morgan fingerprint density at radius 1 is 0.800 bits per heavy atom. The van der Waals surface area contributed by atoms with Gasteiger partial charge in [-0.2, -0.15) is 0 Å². The number of hydrogen-bond acceptors (Lipinski definition) is 2. The normalized spacial score (nSPS) is 12.5. The lowest BCUT2D eigenvalue weighted by Crippen LogP contribution is -2.49. The molecule has 3 aromatic rings. The molecule has 0 heterocycles. The van der Waals surface area contributed by atoms with Crippen LogP contribution in [0.5, 0.6) is 0 Å². The maximum Gasteiger partial charge on any atom is 0.319 e. The summed E-state index contributed by atoms with van der Waals surface area (Å²) in [6.07, 6.45) is 0.398. The minimum atomic E-state index is -0.705. The SMILES string of the molecule is Cc1ccc(NC(=O)NC(Cc2ccccc2)C(=O)NC(C)c2ccccc2)cc1. The molecule has 0 aliphatic rings. The van der Waals surface area contributed by atoms with Gasteiger partial charge in [0.25, 0.3) is 0 Å². The Kier molecular flexibility index (Phi) is 7.22. The Balaban J connectivity index is 1.69. The van der Waals surface area contributed by atoms with Crippen LogP contribution in [0.2, 0.25) is 0 Å². The van der Waals surface area contributed by atoms with Crippen LogP contribution in [0.15, 0.2) is 84.9 Å². The van der Waals surface area contributed by atoms with Gasteiger partial charge < -0.3 is 16.0 Å². The van der Waals surface area contributed by atoms with Gasteiger partial charge in [0.15, 0.2) is 0 Å². The Bertz CT molecular complexity index is 957. The van der Waals surface area contributed by atoms with Crippen LogP contribution in [-0.4, -0.2) is 18.0 Å². The van der Waals surface area contributed by atoms with E-state index in [9.17, 15) is 9.59 Å². The molecule has 3 N–H and O–H groups in total. The molecule has 5 nitrogen and oxygen atoms in total. The van der Waals surface area contributed by atoms with Crippen LogP contribution in [0.3, 0.4) is 0 Å². The van der Waals surface area contributed by atoms with E-state index < -0.39 is 12.1 Å². The van der Waals surface area contributed by atoms with Crippen molar-refractivity contribution in [3.63, 3.8) is 0 Å². The summed E-state index contributed by atoms with van der Waals surface area (Å²) in [5, 5.41) is 8.63. The number of benzene rings is 3. The lowest BCUT2D eigenvalue weighted by molar-refractivity contribution is -0.123. The van der Waals surface area contributed by atoms with E-state index in [4.69, 9.17) is 0 Å². The smallest absolute Gasteiger partial charge is 0.319 e. The molecule has 30 heavy (non-hydrogen) atoms. The zero-order valence-corrected chi connectivity index (χ0v) is 17.3. The molecule has 3 aromatic carbocycles. The van der Waals surface area contributed by atoms with Gasteiger partial charge in [-0.05, 0) is 37.1 Å². The highest BCUT2D eigenvalue weighted by Crippen LogP contribution is 2.13. The largest absolute Gasteiger partial charge is 0.348 e. The van der Waals surface area contributed by atoms with Gasteiger partial charge in [0, 0.05) is 12.1 Å². The van der Waals surface area contributed by atoms with Crippen LogP contribution in [-0.2, 0) is 11.2 Å². The van der Waals surface area contributed by atoms with Crippen molar-refractivity contribution in [2.75, 3.05) is 5.32 Å². The second-order valence-corrected chi connectivity index (χ2v) is 7.35. The first-order valence-electron chi connectivity index (χ1n) is 10.0. The highest BCUT2D eigenvalue weighted by molar-refractivity contribution is 5.94. The van der Waals surface area contributed by atoms with Gasteiger partial charge in [-0.1, -0.05) is 78.4 Å². The number of hydrogen-bond donors (Lipinski definition) is 3. The van der Waals surface area contributed by atoms with Gasteiger partial charge in [-0.3, -0.25) is 4.79 Å². The maximum absolute atomic E-state index is 13.0. The van der Waals surface area contributed by atoms with Crippen molar-refractivity contribution >= 4 is 17.6 Å². The van der Waals surface area contributed by atoms with Crippen molar-refractivity contribution in [3.05, 3.63) is 102 Å². The number of carbonyl (C=O) groups is 2. The van der Waals surface area contributed by atoms with Crippen molar-refractivity contribution in [2.45, 2.75) is 32.4 Å². The lowest BCUT2D eigenvalue weighted by Gasteiger charge is -2.22. The van der Waals surface area contributed by atoms with E-state index in [2.05, 4.69) is 16.0 Å². The highest BCUT2D eigenvalue weighted by Gasteiger charge is 2.23. The van der Waals surface area contributed by atoms with Crippen LogP contribution >= 0.6 is 0 Å². The van der Waals surface area contributed by atoms with Crippen molar-refractivity contribution in [3.8, 4) is 0 Å². The first-order chi connectivity index (χ1) is 14.5. The van der Waals surface area contributed by atoms with E-state index in [1.165, 1.54) is 0 Å². The molecular formula is C25H27N3O2. The fraction of sp³-hybridized carbons (Fsp3) is 0.200. The van der Waals surface area contributed by atoms with E-state index >= 15 is 0 Å². The monoisotopic (exact) mass is 401 g/mol. The van der Waals surface area contributed by atoms with E-state index in [-0.39, 0.29) is 11.9 Å². The average molecular weight is 402 g/mol. The molecule has 0 bridgehead atoms. The third-order valence-electron chi connectivity index (χ3n) is 4.87. The van der Waals surface area contributed by atoms with Gasteiger partial charge in [0.2, 0.25) is 5.91 Å². The average Bonchev–Trinajstić information content (AvgIpc) is 2.76. The molecule has 2 unspecified atom stereocenters. The zero-order chi connectivity index (χ0) is 21.3. The number of anilines is 1. The molecule has 0 fully saturated rings. The van der Waals surface area contributed by atoms with E-state index in [1.54, 1.807) is 0 Å². The number of amides is 3.